The smallest absolute Gasteiger partial charge is 0.258 e. The van der Waals surface area contributed by atoms with E-state index >= 15 is 0 Å². The molecule has 1 saturated heterocycles. The molecule has 3 atom stereocenters. The van der Waals surface area contributed by atoms with Crippen molar-refractivity contribution in [2.75, 3.05) is 13.7 Å². The third-order valence-electron chi connectivity index (χ3n) is 5.96. The van der Waals surface area contributed by atoms with Gasteiger partial charge in [0.2, 0.25) is 5.91 Å². The van der Waals surface area contributed by atoms with E-state index in [9.17, 15) is 18.4 Å². The summed E-state index contributed by atoms with van der Waals surface area (Å²) in [6.45, 7) is 1.45. The van der Waals surface area contributed by atoms with Crippen LogP contribution in [-0.2, 0) is 9.59 Å². The Hall–Kier alpha value is -1.97. The third kappa shape index (κ3) is 3.67. The standard InChI is InChI=1S/C19H23ClF2N4O3/c1-10-15(22)16(26(2)25-10)17(28)24-19-7-18(8-19,9-19)23-14(27)6-29-11-3-4-12(20)13(21)5-11/h3-5,10,15-16,25H,6-9H2,1-2H3,(H,23,27)(H,24,28). The van der Waals surface area contributed by atoms with E-state index in [1.165, 1.54) is 17.1 Å². The van der Waals surface area contributed by atoms with Crippen LogP contribution >= 0.6 is 11.6 Å². The number of nitrogens with one attached hydrogen (secondary N) is 3. The number of nitrogens with zero attached hydrogens (tertiary/aromatic N) is 1. The van der Waals surface area contributed by atoms with Gasteiger partial charge in [0.1, 0.15) is 23.8 Å². The minimum atomic E-state index is -1.28. The number of amides is 2. The Labute approximate surface area is 172 Å². The van der Waals surface area contributed by atoms with Crippen LogP contribution in [0.4, 0.5) is 8.78 Å². The second-order valence-electron chi connectivity index (χ2n) is 8.41. The van der Waals surface area contributed by atoms with E-state index in [1.807, 2.05) is 0 Å². The monoisotopic (exact) mass is 428 g/mol. The highest BCUT2D eigenvalue weighted by Crippen LogP contribution is 2.60. The SMILES string of the molecule is CC1NN(C)C(C(=O)NC23CC(NC(=O)COc4ccc(Cl)c(F)c4)(C2)C3)C1F. The summed E-state index contributed by atoms with van der Waals surface area (Å²) in [6.07, 6.45) is 0.520. The maximum Gasteiger partial charge on any atom is 0.258 e. The van der Waals surface area contributed by atoms with Crippen LogP contribution in [0.1, 0.15) is 26.2 Å². The van der Waals surface area contributed by atoms with Crippen molar-refractivity contribution in [2.45, 2.75) is 55.5 Å². The highest BCUT2D eigenvalue weighted by atomic mass is 35.5. The Morgan fingerprint density at radius 3 is 2.55 bits per heavy atom. The Morgan fingerprint density at radius 1 is 1.31 bits per heavy atom. The molecule has 2 bridgehead atoms. The summed E-state index contributed by atoms with van der Waals surface area (Å²) in [7, 11) is 1.65. The summed E-state index contributed by atoms with van der Waals surface area (Å²) in [4.78, 5) is 24.7. The quantitative estimate of drug-likeness (QED) is 0.636. The first kappa shape index (κ1) is 20.3. The minimum absolute atomic E-state index is 0.0175. The van der Waals surface area contributed by atoms with Crippen LogP contribution in [0.15, 0.2) is 18.2 Å². The van der Waals surface area contributed by atoms with Crippen molar-refractivity contribution >= 4 is 23.4 Å². The lowest BCUT2D eigenvalue weighted by Crippen LogP contribution is -2.84. The highest BCUT2D eigenvalue weighted by molar-refractivity contribution is 6.30. The number of carbonyl (C=O) groups is 2. The van der Waals surface area contributed by atoms with E-state index in [0.29, 0.717) is 19.3 Å². The van der Waals surface area contributed by atoms with Crippen molar-refractivity contribution in [1.82, 2.24) is 21.1 Å². The zero-order chi connectivity index (χ0) is 21.0. The molecule has 4 aliphatic rings. The number of rotatable bonds is 6. The molecule has 1 heterocycles. The molecule has 158 valence electrons. The first-order valence-corrected chi connectivity index (χ1v) is 9.84. The molecular weight excluding hydrogens is 406 g/mol. The summed E-state index contributed by atoms with van der Waals surface area (Å²) in [5, 5.41) is 7.35. The van der Waals surface area contributed by atoms with Crippen LogP contribution in [0.5, 0.6) is 5.75 Å². The number of alkyl halides is 1. The molecular formula is C19H23ClF2N4O3. The van der Waals surface area contributed by atoms with Gasteiger partial charge in [-0.15, -0.1) is 0 Å². The van der Waals surface area contributed by atoms with Crippen molar-refractivity contribution in [3.8, 4) is 5.75 Å². The predicted octanol–water partition coefficient (Wildman–Crippen LogP) is 1.31. The van der Waals surface area contributed by atoms with E-state index in [2.05, 4.69) is 16.1 Å². The molecule has 3 N–H and O–H groups in total. The molecule has 5 rings (SSSR count). The van der Waals surface area contributed by atoms with E-state index in [1.54, 1.807) is 14.0 Å². The number of carbonyl (C=O) groups excluding carboxylic acids is 2. The molecule has 2 amide bonds. The molecule has 0 radical (unpaired) electrons. The van der Waals surface area contributed by atoms with Gasteiger partial charge in [0.05, 0.1) is 11.1 Å². The highest BCUT2D eigenvalue weighted by Gasteiger charge is 2.69. The summed E-state index contributed by atoms with van der Waals surface area (Å²) in [5.74, 6) is -1.07. The first-order valence-electron chi connectivity index (χ1n) is 9.46. The lowest BCUT2D eigenvalue weighted by atomic mass is 9.44. The molecule has 0 aromatic heterocycles. The molecule has 1 aromatic rings. The molecule has 1 aliphatic heterocycles. The first-order chi connectivity index (χ1) is 13.6. The lowest BCUT2D eigenvalue weighted by molar-refractivity contribution is -0.153. The summed E-state index contributed by atoms with van der Waals surface area (Å²) < 4.78 is 32.9. The number of halogens is 3. The predicted molar refractivity (Wildman–Crippen MR) is 102 cm³/mol. The van der Waals surface area contributed by atoms with Gasteiger partial charge >= 0.3 is 0 Å². The molecule has 7 nitrogen and oxygen atoms in total. The zero-order valence-electron chi connectivity index (χ0n) is 16.1. The van der Waals surface area contributed by atoms with Gasteiger partial charge in [-0.1, -0.05) is 11.6 Å². The van der Waals surface area contributed by atoms with Crippen molar-refractivity contribution in [2.24, 2.45) is 0 Å². The Kier molecular flexibility index (Phi) is 4.95. The molecule has 3 unspecified atom stereocenters. The van der Waals surface area contributed by atoms with Crippen molar-refractivity contribution in [1.29, 1.82) is 0 Å². The third-order valence-corrected chi connectivity index (χ3v) is 6.26. The van der Waals surface area contributed by atoms with Crippen LogP contribution in [-0.4, -0.2) is 59.8 Å². The average Bonchev–Trinajstić information content (AvgIpc) is 2.85. The van der Waals surface area contributed by atoms with Gasteiger partial charge in [-0.3, -0.25) is 9.59 Å². The van der Waals surface area contributed by atoms with E-state index in [-0.39, 0.29) is 40.3 Å². The Bertz CT molecular complexity index is 835. The normalized spacial score (nSPS) is 35.4. The van der Waals surface area contributed by atoms with Gasteiger partial charge in [-0.05, 0) is 38.3 Å². The number of likely N-dealkylation sites (N-methyl/N-ethyl adjacent to an activating group) is 1. The van der Waals surface area contributed by atoms with Crippen molar-refractivity contribution < 1.29 is 23.1 Å². The van der Waals surface area contributed by atoms with Gasteiger partial charge < -0.3 is 15.4 Å². The average molecular weight is 429 g/mol. The molecule has 3 saturated carbocycles. The lowest BCUT2D eigenvalue weighted by Gasteiger charge is -2.70. The number of hydrazine groups is 1. The van der Waals surface area contributed by atoms with Gasteiger partial charge in [0, 0.05) is 24.2 Å². The fraction of sp³-hybridized carbons (Fsp3) is 0.579. The van der Waals surface area contributed by atoms with Crippen LogP contribution in [0.2, 0.25) is 5.02 Å². The molecule has 4 fully saturated rings. The Morgan fingerprint density at radius 2 is 1.97 bits per heavy atom. The van der Waals surface area contributed by atoms with Crippen LogP contribution in [0.25, 0.3) is 0 Å². The van der Waals surface area contributed by atoms with Crippen molar-refractivity contribution in [3.63, 3.8) is 0 Å². The minimum Gasteiger partial charge on any atom is -0.484 e. The zero-order valence-corrected chi connectivity index (χ0v) is 16.9. The number of ether oxygens (including phenoxy) is 1. The van der Waals surface area contributed by atoms with Gasteiger partial charge in [-0.2, -0.15) is 0 Å². The molecule has 0 spiro atoms. The maximum absolute atomic E-state index is 14.2. The Balaban J connectivity index is 1.23. The molecule has 10 heteroatoms. The second kappa shape index (κ2) is 7.07. The largest absolute Gasteiger partial charge is 0.484 e. The van der Waals surface area contributed by atoms with Gasteiger partial charge in [0.25, 0.3) is 5.91 Å². The van der Waals surface area contributed by atoms with Crippen molar-refractivity contribution in [3.05, 3.63) is 29.0 Å². The van der Waals surface area contributed by atoms with E-state index < -0.39 is 24.1 Å². The van der Waals surface area contributed by atoms with Gasteiger partial charge in [-0.25, -0.2) is 19.2 Å². The topological polar surface area (TPSA) is 82.7 Å². The second-order valence-corrected chi connectivity index (χ2v) is 8.82. The fourth-order valence-corrected chi connectivity index (χ4v) is 4.83. The van der Waals surface area contributed by atoms with Gasteiger partial charge in [0.15, 0.2) is 6.61 Å². The number of hydrogen-bond acceptors (Lipinski definition) is 5. The molecule has 1 aromatic carbocycles. The van der Waals surface area contributed by atoms with Crippen LogP contribution < -0.4 is 20.8 Å². The fourth-order valence-electron chi connectivity index (χ4n) is 4.72. The molecule has 29 heavy (non-hydrogen) atoms. The summed E-state index contributed by atoms with van der Waals surface area (Å²) >= 11 is 5.61. The maximum atomic E-state index is 14.2. The van der Waals surface area contributed by atoms with E-state index in [4.69, 9.17) is 16.3 Å². The van der Waals surface area contributed by atoms with Crippen LogP contribution in [0.3, 0.4) is 0 Å². The van der Waals surface area contributed by atoms with Crippen LogP contribution in [0, 0.1) is 5.82 Å². The summed E-state index contributed by atoms with van der Waals surface area (Å²) in [6, 6.07) is 2.69. The number of benzene rings is 1. The summed E-state index contributed by atoms with van der Waals surface area (Å²) in [5.41, 5.74) is 2.16. The van der Waals surface area contributed by atoms with E-state index in [0.717, 1.165) is 6.07 Å². The molecule has 3 aliphatic carbocycles. The number of hydrogen-bond donors (Lipinski definition) is 3.